The summed E-state index contributed by atoms with van der Waals surface area (Å²) in [5.74, 6) is -1.52. The van der Waals surface area contributed by atoms with E-state index in [1.807, 2.05) is 0 Å². The fourth-order valence-corrected chi connectivity index (χ4v) is 3.68. The fraction of sp³-hybridized carbons (Fsp3) is 0.385. The molecule has 8 heteroatoms. The number of benzene rings is 1. The SMILES string of the molecule is CC(=O)c1cccc(S(=O)(=O)N2CCOCC2C(=O)O)c1. The van der Waals surface area contributed by atoms with Gasteiger partial charge in [-0.15, -0.1) is 0 Å². The van der Waals surface area contributed by atoms with Gasteiger partial charge in [-0.25, -0.2) is 8.42 Å². The van der Waals surface area contributed by atoms with E-state index in [4.69, 9.17) is 9.84 Å². The zero-order valence-corrected chi connectivity index (χ0v) is 12.2. The van der Waals surface area contributed by atoms with Crippen molar-refractivity contribution in [1.82, 2.24) is 4.31 Å². The van der Waals surface area contributed by atoms with Gasteiger partial charge in [-0.3, -0.25) is 9.59 Å². The summed E-state index contributed by atoms with van der Waals surface area (Å²) in [6.45, 7) is 1.24. The molecule has 1 aromatic carbocycles. The number of carboxylic acid groups (broad SMARTS) is 1. The lowest BCUT2D eigenvalue weighted by atomic mass is 10.2. The van der Waals surface area contributed by atoms with E-state index >= 15 is 0 Å². The average molecular weight is 313 g/mol. The van der Waals surface area contributed by atoms with E-state index in [1.165, 1.54) is 31.2 Å². The number of aliphatic carboxylic acids is 1. The van der Waals surface area contributed by atoms with Crippen LogP contribution in [0, 0.1) is 0 Å². The first kappa shape index (κ1) is 15.6. The number of carboxylic acids is 1. The Hall–Kier alpha value is -1.77. The molecule has 1 aromatic rings. The normalized spacial score (nSPS) is 20.1. The van der Waals surface area contributed by atoms with Gasteiger partial charge in [0.2, 0.25) is 10.0 Å². The number of morpholine rings is 1. The third-order valence-corrected chi connectivity index (χ3v) is 5.12. The van der Waals surface area contributed by atoms with Gasteiger partial charge in [-0.1, -0.05) is 12.1 Å². The van der Waals surface area contributed by atoms with Gasteiger partial charge in [-0.05, 0) is 19.1 Å². The summed E-state index contributed by atoms with van der Waals surface area (Å²) in [6.07, 6.45) is 0. The smallest absolute Gasteiger partial charge is 0.324 e. The van der Waals surface area contributed by atoms with Gasteiger partial charge >= 0.3 is 5.97 Å². The largest absolute Gasteiger partial charge is 0.480 e. The molecule has 1 atom stereocenters. The van der Waals surface area contributed by atoms with Gasteiger partial charge in [0, 0.05) is 12.1 Å². The van der Waals surface area contributed by atoms with Crippen molar-refractivity contribution < 1.29 is 27.9 Å². The summed E-state index contributed by atoms with van der Waals surface area (Å²) in [6, 6.07) is 4.31. The maximum absolute atomic E-state index is 12.6. The number of ether oxygens (including phenoxy) is 1. The average Bonchev–Trinajstić information content (AvgIpc) is 2.47. The molecule has 0 bridgehead atoms. The van der Waals surface area contributed by atoms with E-state index in [-0.39, 0.29) is 36.0 Å². The quantitative estimate of drug-likeness (QED) is 0.806. The van der Waals surface area contributed by atoms with Gasteiger partial charge < -0.3 is 9.84 Å². The molecule has 0 amide bonds. The maximum atomic E-state index is 12.6. The zero-order chi connectivity index (χ0) is 15.6. The van der Waals surface area contributed by atoms with E-state index < -0.39 is 22.0 Å². The molecule has 0 aromatic heterocycles. The van der Waals surface area contributed by atoms with Gasteiger partial charge in [0.05, 0.1) is 18.1 Å². The Labute approximate surface area is 122 Å². The summed E-state index contributed by atoms with van der Waals surface area (Å²) in [5, 5.41) is 9.12. The van der Waals surface area contributed by atoms with Crippen LogP contribution in [-0.2, 0) is 19.6 Å². The molecule has 7 nitrogen and oxygen atoms in total. The van der Waals surface area contributed by atoms with E-state index in [0.717, 1.165) is 4.31 Å². The number of hydrogen-bond donors (Lipinski definition) is 1. The zero-order valence-electron chi connectivity index (χ0n) is 11.4. The van der Waals surface area contributed by atoms with Crippen LogP contribution < -0.4 is 0 Å². The lowest BCUT2D eigenvalue weighted by Crippen LogP contribution is -2.52. The highest BCUT2D eigenvalue weighted by Crippen LogP contribution is 2.22. The van der Waals surface area contributed by atoms with Crippen LogP contribution in [-0.4, -0.2) is 55.4 Å². The minimum absolute atomic E-state index is 0.0381. The number of carbonyl (C=O) groups excluding carboxylic acids is 1. The predicted molar refractivity (Wildman–Crippen MR) is 72.6 cm³/mol. The number of sulfonamides is 1. The molecule has 0 saturated carbocycles. The second-order valence-corrected chi connectivity index (χ2v) is 6.52. The Morgan fingerprint density at radius 1 is 1.38 bits per heavy atom. The number of ketones is 1. The van der Waals surface area contributed by atoms with Gasteiger partial charge in [0.25, 0.3) is 0 Å². The van der Waals surface area contributed by atoms with Crippen molar-refractivity contribution in [3.8, 4) is 0 Å². The fourth-order valence-electron chi connectivity index (χ4n) is 2.08. The molecule has 0 aliphatic carbocycles. The standard InChI is InChI=1S/C13H15NO6S/c1-9(15)10-3-2-4-11(7-10)21(18,19)14-5-6-20-8-12(14)13(16)17/h2-4,7,12H,5-6,8H2,1H3,(H,16,17). The van der Waals surface area contributed by atoms with Gasteiger partial charge in [0.15, 0.2) is 5.78 Å². The first-order chi connectivity index (χ1) is 9.84. The van der Waals surface area contributed by atoms with Crippen molar-refractivity contribution in [3.05, 3.63) is 29.8 Å². The second kappa shape index (κ2) is 5.92. The van der Waals surface area contributed by atoms with E-state index in [9.17, 15) is 18.0 Å². The van der Waals surface area contributed by atoms with Crippen LogP contribution in [0.1, 0.15) is 17.3 Å². The first-order valence-corrected chi connectivity index (χ1v) is 7.71. The van der Waals surface area contributed by atoms with Crippen molar-refractivity contribution >= 4 is 21.8 Å². The van der Waals surface area contributed by atoms with Crippen LogP contribution >= 0.6 is 0 Å². The highest BCUT2D eigenvalue weighted by Gasteiger charge is 2.38. The minimum atomic E-state index is -3.99. The lowest BCUT2D eigenvalue weighted by Gasteiger charge is -2.31. The summed E-state index contributed by atoms with van der Waals surface area (Å²) >= 11 is 0. The third-order valence-electron chi connectivity index (χ3n) is 3.21. The molecule has 114 valence electrons. The van der Waals surface area contributed by atoms with Crippen LogP contribution in [0.5, 0.6) is 0 Å². The Morgan fingerprint density at radius 2 is 2.10 bits per heavy atom. The van der Waals surface area contributed by atoms with Crippen LogP contribution in [0.4, 0.5) is 0 Å². The maximum Gasteiger partial charge on any atom is 0.324 e. The number of hydrogen-bond acceptors (Lipinski definition) is 5. The second-order valence-electron chi connectivity index (χ2n) is 4.63. The van der Waals surface area contributed by atoms with Crippen molar-refractivity contribution in [2.75, 3.05) is 19.8 Å². The first-order valence-electron chi connectivity index (χ1n) is 6.27. The molecule has 1 heterocycles. The molecular weight excluding hydrogens is 298 g/mol. The molecule has 1 aliphatic heterocycles. The molecule has 1 saturated heterocycles. The summed E-state index contributed by atoms with van der Waals surface area (Å²) < 4.78 is 31.1. The molecule has 21 heavy (non-hydrogen) atoms. The number of nitrogens with zero attached hydrogens (tertiary/aromatic N) is 1. The predicted octanol–water partition coefficient (Wildman–Crippen LogP) is 0.363. The molecule has 2 rings (SSSR count). The van der Waals surface area contributed by atoms with Crippen molar-refractivity contribution in [2.45, 2.75) is 17.9 Å². The van der Waals surface area contributed by atoms with Crippen LogP contribution in [0.2, 0.25) is 0 Å². The van der Waals surface area contributed by atoms with E-state index in [0.29, 0.717) is 0 Å². The molecule has 0 spiro atoms. The van der Waals surface area contributed by atoms with Gasteiger partial charge in [0.1, 0.15) is 6.04 Å². The van der Waals surface area contributed by atoms with Crippen molar-refractivity contribution in [2.24, 2.45) is 0 Å². The Kier molecular flexibility index (Phi) is 4.40. The molecule has 1 fully saturated rings. The van der Waals surface area contributed by atoms with Crippen molar-refractivity contribution in [1.29, 1.82) is 0 Å². The topological polar surface area (TPSA) is 101 Å². The number of rotatable bonds is 4. The summed E-state index contributed by atoms with van der Waals surface area (Å²) in [7, 11) is -3.99. The van der Waals surface area contributed by atoms with Gasteiger partial charge in [-0.2, -0.15) is 4.31 Å². The van der Waals surface area contributed by atoms with E-state index in [2.05, 4.69) is 0 Å². The van der Waals surface area contributed by atoms with Crippen LogP contribution in [0.3, 0.4) is 0 Å². The molecule has 1 unspecified atom stereocenters. The van der Waals surface area contributed by atoms with Crippen LogP contribution in [0.15, 0.2) is 29.2 Å². The molecular formula is C13H15NO6S. The lowest BCUT2D eigenvalue weighted by molar-refractivity contribution is -0.146. The van der Waals surface area contributed by atoms with Crippen LogP contribution in [0.25, 0.3) is 0 Å². The highest BCUT2D eigenvalue weighted by atomic mass is 32.2. The Morgan fingerprint density at radius 3 is 2.71 bits per heavy atom. The molecule has 1 aliphatic rings. The van der Waals surface area contributed by atoms with E-state index in [1.54, 1.807) is 0 Å². The molecule has 1 N–H and O–H groups in total. The monoisotopic (exact) mass is 313 g/mol. The minimum Gasteiger partial charge on any atom is -0.480 e. The number of carbonyl (C=O) groups is 2. The van der Waals surface area contributed by atoms with Crippen molar-refractivity contribution in [3.63, 3.8) is 0 Å². The third kappa shape index (κ3) is 3.12. The summed E-state index contributed by atoms with van der Waals surface area (Å²) in [5.41, 5.74) is 0.260. The molecule has 0 radical (unpaired) electrons. The summed E-state index contributed by atoms with van der Waals surface area (Å²) in [4.78, 5) is 22.4. The highest BCUT2D eigenvalue weighted by molar-refractivity contribution is 7.89. The Balaban J connectivity index is 2.43. The number of Topliss-reactive ketones (excluding diaryl/α,β-unsaturated/α-hetero) is 1. The Bertz CT molecular complexity index is 669.